The molecule has 1 saturated heterocycles. The van der Waals surface area contributed by atoms with Crippen molar-refractivity contribution in [3.63, 3.8) is 0 Å². The summed E-state index contributed by atoms with van der Waals surface area (Å²) in [5, 5.41) is 9.33. The number of methoxy groups -OCH3 is 4. The average molecular weight is 499 g/mol. The Morgan fingerprint density at radius 3 is 2.00 bits per heavy atom. The predicted octanol–water partition coefficient (Wildman–Crippen LogP) is 3.79. The van der Waals surface area contributed by atoms with E-state index in [2.05, 4.69) is 15.1 Å². The monoisotopic (exact) mass is 498 g/mol. The number of nitrogens with zero attached hydrogens (tertiary/aromatic N) is 4. The van der Waals surface area contributed by atoms with Gasteiger partial charge in [0.1, 0.15) is 5.75 Å². The minimum Gasteiger partial charge on any atom is -0.496 e. The molecule has 0 spiro atoms. The van der Waals surface area contributed by atoms with E-state index in [0.717, 1.165) is 11.4 Å². The van der Waals surface area contributed by atoms with Gasteiger partial charge in [-0.2, -0.15) is 0 Å². The summed E-state index contributed by atoms with van der Waals surface area (Å²) in [7, 11) is 6.25. The van der Waals surface area contributed by atoms with Crippen LogP contribution in [0, 0.1) is 0 Å². The van der Waals surface area contributed by atoms with Crippen LogP contribution in [0.3, 0.4) is 0 Å². The summed E-state index contributed by atoms with van der Waals surface area (Å²) in [6.07, 6.45) is 0. The summed E-state index contributed by atoms with van der Waals surface area (Å²) in [5.41, 5.74) is 1.93. The van der Waals surface area contributed by atoms with Crippen molar-refractivity contribution in [1.82, 2.24) is 15.1 Å². The summed E-state index contributed by atoms with van der Waals surface area (Å²) in [6, 6.07) is 12.5. The lowest BCUT2D eigenvalue weighted by atomic mass is 10.1. The second-order valence-corrected chi connectivity index (χ2v) is 8.25. The molecule has 1 aromatic heterocycles. The number of hydrogen-bond acceptors (Lipinski definition) is 8. The molecule has 1 aliphatic heterocycles. The Morgan fingerprint density at radius 1 is 0.800 bits per heavy atom. The number of carbonyl (C=O) groups excluding carboxylic acids is 1. The van der Waals surface area contributed by atoms with Crippen molar-refractivity contribution in [2.45, 2.75) is 0 Å². The van der Waals surface area contributed by atoms with Gasteiger partial charge in [-0.25, -0.2) is 0 Å². The Hall–Kier alpha value is -3.72. The van der Waals surface area contributed by atoms with E-state index >= 15 is 0 Å². The quantitative estimate of drug-likeness (QED) is 0.486. The van der Waals surface area contributed by atoms with E-state index in [1.54, 1.807) is 51.5 Å². The Balaban J connectivity index is 1.46. The van der Waals surface area contributed by atoms with Crippen molar-refractivity contribution in [1.29, 1.82) is 0 Å². The van der Waals surface area contributed by atoms with Crippen molar-refractivity contribution in [3.8, 4) is 34.3 Å². The smallest absolute Gasteiger partial charge is 0.257 e. The van der Waals surface area contributed by atoms with Crippen LogP contribution < -0.4 is 23.8 Å². The summed E-state index contributed by atoms with van der Waals surface area (Å²) in [6.45, 7) is 2.36. The van der Waals surface area contributed by atoms with E-state index in [1.165, 1.54) is 0 Å². The molecule has 35 heavy (non-hydrogen) atoms. The number of rotatable bonds is 7. The zero-order valence-corrected chi connectivity index (χ0v) is 20.8. The molecule has 3 aromatic rings. The van der Waals surface area contributed by atoms with Crippen molar-refractivity contribution >= 4 is 23.3 Å². The highest BCUT2D eigenvalue weighted by molar-refractivity contribution is 6.31. The van der Waals surface area contributed by atoms with Crippen LogP contribution in [-0.2, 0) is 0 Å². The summed E-state index contributed by atoms with van der Waals surface area (Å²) < 4.78 is 21.6. The van der Waals surface area contributed by atoms with Crippen LogP contribution in [0.15, 0.2) is 42.5 Å². The topological polar surface area (TPSA) is 86.3 Å². The van der Waals surface area contributed by atoms with Gasteiger partial charge in [-0.3, -0.25) is 4.79 Å². The number of anilines is 1. The Bertz CT molecular complexity index is 1170. The van der Waals surface area contributed by atoms with Crippen molar-refractivity contribution < 1.29 is 23.7 Å². The molecule has 1 amide bonds. The first-order chi connectivity index (χ1) is 17.0. The first-order valence-electron chi connectivity index (χ1n) is 11.0. The highest BCUT2D eigenvalue weighted by Crippen LogP contribution is 2.40. The SMILES string of the molecule is COc1ccc(Cl)cc1C(=O)N1CCN(c2ccc(-c3cc(OC)c(OC)c(OC)c3)nn2)CC1. The third-order valence-electron chi connectivity index (χ3n) is 5.89. The van der Waals surface area contributed by atoms with Gasteiger partial charge in [-0.1, -0.05) is 11.6 Å². The molecule has 9 nitrogen and oxygen atoms in total. The van der Waals surface area contributed by atoms with Crippen LogP contribution in [0.5, 0.6) is 23.0 Å². The molecule has 2 aromatic carbocycles. The lowest BCUT2D eigenvalue weighted by Crippen LogP contribution is -2.49. The van der Waals surface area contributed by atoms with Gasteiger partial charge in [0.25, 0.3) is 5.91 Å². The molecule has 0 atom stereocenters. The van der Waals surface area contributed by atoms with Gasteiger partial charge >= 0.3 is 0 Å². The summed E-state index contributed by atoms with van der Waals surface area (Å²) in [5.74, 6) is 2.76. The van der Waals surface area contributed by atoms with Gasteiger partial charge in [0, 0.05) is 36.8 Å². The van der Waals surface area contributed by atoms with Crippen LogP contribution >= 0.6 is 11.6 Å². The maximum Gasteiger partial charge on any atom is 0.257 e. The molecule has 0 bridgehead atoms. The molecule has 1 fully saturated rings. The molecule has 0 saturated carbocycles. The van der Waals surface area contributed by atoms with Crippen molar-refractivity contribution in [3.05, 3.63) is 53.1 Å². The molecule has 0 radical (unpaired) electrons. The number of halogens is 1. The Morgan fingerprint density at radius 2 is 1.46 bits per heavy atom. The normalized spacial score (nSPS) is 13.4. The van der Waals surface area contributed by atoms with E-state index < -0.39 is 0 Å². The minimum absolute atomic E-state index is 0.104. The van der Waals surface area contributed by atoms with Crippen molar-refractivity contribution in [2.24, 2.45) is 0 Å². The molecule has 2 heterocycles. The molecule has 0 N–H and O–H groups in total. The standard InChI is InChI=1S/C25H27ClN4O5/c1-32-20-7-5-17(26)15-18(20)25(31)30-11-9-29(10-12-30)23-8-6-19(27-28-23)16-13-21(33-2)24(35-4)22(14-16)34-3/h5-8,13-15H,9-12H2,1-4H3. The third kappa shape index (κ3) is 5.05. The fraction of sp³-hybridized carbons (Fsp3) is 0.320. The molecule has 0 aliphatic carbocycles. The summed E-state index contributed by atoms with van der Waals surface area (Å²) in [4.78, 5) is 16.9. The van der Waals surface area contributed by atoms with E-state index in [1.807, 2.05) is 24.3 Å². The Labute approximate surface area is 209 Å². The van der Waals surface area contributed by atoms with Crippen LogP contribution in [-0.4, -0.2) is 75.6 Å². The molecular formula is C25H27ClN4O5. The largest absolute Gasteiger partial charge is 0.496 e. The van der Waals surface area contributed by atoms with Gasteiger partial charge in [-0.15, -0.1) is 10.2 Å². The van der Waals surface area contributed by atoms with Crippen LogP contribution in [0.2, 0.25) is 5.02 Å². The van der Waals surface area contributed by atoms with Gasteiger partial charge in [0.2, 0.25) is 5.75 Å². The van der Waals surface area contributed by atoms with Crippen LogP contribution in [0.1, 0.15) is 10.4 Å². The van der Waals surface area contributed by atoms with Crippen LogP contribution in [0.25, 0.3) is 11.3 Å². The minimum atomic E-state index is -0.104. The molecule has 4 rings (SSSR count). The second kappa shape index (κ2) is 10.7. The van der Waals surface area contributed by atoms with Gasteiger partial charge in [0.05, 0.1) is 39.7 Å². The lowest BCUT2D eigenvalue weighted by Gasteiger charge is -2.35. The first-order valence-corrected chi connectivity index (χ1v) is 11.4. The highest BCUT2D eigenvalue weighted by atomic mass is 35.5. The van der Waals surface area contributed by atoms with Crippen molar-refractivity contribution in [2.75, 3.05) is 59.5 Å². The van der Waals surface area contributed by atoms with E-state index in [-0.39, 0.29) is 5.91 Å². The molecule has 1 aliphatic rings. The summed E-state index contributed by atoms with van der Waals surface area (Å²) >= 11 is 6.10. The highest BCUT2D eigenvalue weighted by Gasteiger charge is 2.25. The zero-order chi connectivity index (χ0) is 24.9. The van der Waals surface area contributed by atoms with Gasteiger partial charge < -0.3 is 28.7 Å². The van der Waals surface area contributed by atoms with Gasteiger partial charge in [-0.05, 0) is 42.5 Å². The Kier molecular flexibility index (Phi) is 7.45. The predicted molar refractivity (Wildman–Crippen MR) is 133 cm³/mol. The molecule has 184 valence electrons. The molecule has 10 heteroatoms. The number of amides is 1. The number of hydrogen-bond donors (Lipinski definition) is 0. The first kappa shape index (κ1) is 24.4. The second-order valence-electron chi connectivity index (χ2n) is 7.81. The number of ether oxygens (including phenoxy) is 4. The lowest BCUT2D eigenvalue weighted by molar-refractivity contribution is 0.0743. The average Bonchev–Trinajstić information content (AvgIpc) is 2.91. The number of carbonyl (C=O) groups is 1. The molecule has 0 unspecified atom stereocenters. The van der Waals surface area contributed by atoms with E-state index in [0.29, 0.717) is 65.5 Å². The number of aromatic nitrogens is 2. The fourth-order valence-electron chi connectivity index (χ4n) is 4.03. The third-order valence-corrected chi connectivity index (χ3v) is 6.13. The maximum atomic E-state index is 13.0. The van der Waals surface area contributed by atoms with E-state index in [4.69, 9.17) is 30.5 Å². The number of benzene rings is 2. The zero-order valence-electron chi connectivity index (χ0n) is 20.1. The maximum absolute atomic E-state index is 13.0. The van der Waals surface area contributed by atoms with Gasteiger partial charge in [0.15, 0.2) is 17.3 Å². The van der Waals surface area contributed by atoms with Crippen LogP contribution in [0.4, 0.5) is 5.82 Å². The molecular weight excluding hydrogens is 472 g/mol. The number of piperazine rings is 1. The fourth-order valence-corrected chi connectivity index (χ4v) is 4.21. The van der Waals surface area contributed by atoms with E-state index in [9.17, 15) is 4.79 Å².